The molecule has 0 aliphatic rings. The molecule has 0 heterocycles. The Kier molecular flexibility index (Phi) is 3.37. The van der Waals surface area contributed by atoms with E-state index in [9.17, 15) is 8.78 Å². The molecule has 0 saturated carbocycles. The zero-order valence-electron chi connectivity index (χ0n) is 6.27. The van der Waals surface area contributed by atoms with Crippen LogP contribution in [0.2, 0.25) is 0 Å². The van der Waals surface area contributed by atoms with E-state index >= 15 is 0 Å². The van der Waals surface area contributed by atoms with Gasteiger partial charge in [-0.05, 0) is 46.9 Å². The number of anilines is 1. The van der Waals surface area contributed by atoms with Gasteiger partial charge < -0.3 is 11.1 Å². The van der Waals surface area contributed by atoms with Crippen LogP contribution in [0.5, 0.6) is 0 Å². The number of thiocarbonyl (C=S) groups is 1. The quantitative estimate of drug-likeness (QED) is 0.474. The van der Waals surface area contributed by atoms with Crippen molar-refractivity contribution in [2.24, 2.45) is 5.73 Å². The first kappa shape index (κ1) is 10.6. The van der Waals surface area contributed by atoms with Crippen LogP contribution >= 0.6 is 34.8 Å². The first-order chi connectivity index (χ1) is 6.02. The summed E-state index contributed by atoms with van der Waals surface area (Å²) in [7, 11) is 0. The highest BCUT2D eigenvalue weighted by Gasteiger charge is 2.11. The second kappa shape index (κ2) is 4.14. The lowest BCUT2D eigenvalue weighted by molar-refractivity contribution is 0.597. The largest absolute Gasteiger partial charge is 0.376 e. The molecule has 1 aromatic carbocycles. The topological polar surface area (TPSA) is 38.0 Å². The Labute approximate surface area is 92.6 Å². The standard InChI is InChI=1S/C7H5F2IN2S/c8-3-1-2-4(9)6(5(3)10)12-7(11)13/h1-2H,(H3,11,12,13). The number of hydrogen-bond acceptors (Lipinski definition) is 1. The molecule has 1 aromatic rings. The van der Waals surface area contributed by atoms with Crippen LogP contribution in [-0.2, 0) is 0 Å². The second-order valence-electron chi connectivity index (χ2n) is 2.21. The van der Waals surface area contributed by atoms with Gasteiger partial charge in [0.1, 0.15) is 11.6 Å². The van der Waals surface area contributed by atoms with Gasteiger partial charge in [-0.1, -0.05) is 0 Å². The van der Waals surface area contributed by atoms with Crippen molar-refractivity contribution in [2.75, 3.05) is 5.32 Å². The van der Waals surface area contributed by atoms with Crippen LogP contribution in [0.3, 0.4) is 0 Å². The molecule has 0 fully saturated rings. The number of halogens is 3. The van der Waals surface area contributed by atoms with E-state index in [4.69, 9.17) is 5.73 Å². The molecule has 70 valence electrons. The van der Waals surface area contributed by atoms with Gasteiger partial charge in [-0.2, -0.15) is 0 Å². The molecular weight excluding hydrogens is 309 g/mol. The fourth-order valence-corrected chi connectivity index (χ4v) is 1.44. The van der Waals surface area contributed by atoms with Gasteiger partial charge in [0.05, 0.1) is 9.26 Å². The zero-order chi connectivity index (χ0) is 10.0. The summed E-state index contributed by atoms with van der Waals surface area (Å²) in [4.78, 5) is 0. The van der Waals surface area contributed by atoms with E-state index in [1.165, 1.54) is 0 Å². The highest BCUT2D eigenvalue weighted by atomic mass is 127. The second-order valence-corrected chi connectivity index (χ2v) is 3.73. The molecule has 0 spiro atoms. The Morgan fingerprint density at radius 1 is 1.38 bits per heavy atom. The van der Waals surface area contributed by atoms with E-state index in [1.807, 2.05) is 0 Å². The van der Waals surface area contributed by atoms with Crippen molar-refractivity contribution in [3.63, 3.8) is 0 Å². The van der Waals surface area contributed by atoms with Crippen LogP contribution in [-0.4, -0.2) is 5.11 Å². The van der Waals surface area contributed by atoms with Crippen molar-refractivity contribution in [2.45, 2.75) is 0 Å². The molecule has 1 rings (SSSR count). The maximum Gasteiger partial charge on any atom is 0.168 e. The minimum absolute atomic E-state index is 0.0203. The number of nitrogens with one attached hydrogen (secondary N) is 1. The summed E-state index contributed by atoms with van der Waals surface area (Å²) in [6.45, 7) is 0. The highest BCUT2D eigenvalue weighted by molar-refractivity contribution is 14.1. The molecule has 0 bridgehead atoms. The van der Waals surface area contributed by atoms with E-state index in [0.29, 0.717) is 0 Å². The summed E-state index contributed by atoms with van der Waals surface area (Å²) in [5.74, 6) is -1.10. The fourth-order valence-electron chi connectivity index (χ4n) is 0.765. The molecule has 0 amide bonds. The maximum atomic E-state index is 13.0. The monoisotopic (exact) mass is 314 g/mol. The summed E-state index contributed by atoms with van der Waals surface area (Å²) in [5, 5.41) is 2.27. The van der Waals surface area contributed by atoms with Gasteiger partial charge in [-0.15, -0.1) is 0 Å². The van der Waals surface area contributed by atoms with E-state index in [2.05, 4.69) is 17.5 Å². The molecule has 0 aliphatic heterocycles. The average molecular weight is 314 g/mol. The van der Waals surface area contributed by atoms with Gasteiger partial charge in [0.2, 0.25) is 0 Å². The van der Waals surface area contributed by atoms with Crippen molar-refractivity contribution >= 4 is 45.6 Å². The van der Waals surface area contributed by atoms with Gasteiger partial charge in [0, 0.05) is 0 Å². The maximum absolute atomic E-state index is 13.0. The van der Waals surface area contributed by atoms with Crippen molar-refractivity contribution in [3.05, 3.63) is 27.3 Å². The number of nitrogens with two attached hydrogens (primary N) is 1. The molecule has 2 nitrogen and oxygen atoms in total. The van der Waals surface area contributed by atoms with E-state index in [-0.39, 0.29) is 14.4 Å². The molecule has 13 heavy (non-hydrogen) atoms. The van der Waals surface area contributed by atoms with Crippen LogP contribution in [0, 0.1) is 15.2 Å². The predicted octanol–water partition coefficient (Wildman–Crippen LogP) is 2.22. The van der Waals surface area contributed by atoms with E-state index in [0.717, 1.165) is 12.1 Å². The average Bonchev–Trinajstić information content (AvgIpc) is 2.05. The third-order valence-corrected chi connectivity index (χ3v) is 2.45. The van der Waals surface area contributed by atoms with E-state index in [1.54, 1.807) is 22.6 Å². The summed E-state index contributed by atoms with van der Waals surface area (Å²) in [6.07, 6.45) is 0. The van der Waals surface area contributed by atoms with Gasteiger partial charge in [-0.25, -0.2) is 8.78 Å². The number of hydrogen-bond donors (Lipinski definition) is 2. The molecule has 0 saturated heterocycles. The molecule has 0 atom stereocenters. The number of benzene rings is 1. The van der Waals surface area contributed by atoms with Crippen LogP contribution in [0.25, 0.3) is 0 Å². The first-order valence-corrected chi connectivity index (χ1v) is 4.71. The van der Waals surface area contributed by atoms with Crippen LogP contribution in [0.15, 0.2) is 12.1 Å². The third kappa shape index (κ3) is 2.47. The normalized spacial score (nSPS) is 9.77. The zero-order valence-corrected chi connectivity index (χ0v) is 9.25. The summed E-state index contributed by atoms with van der Waals surface area (Å²) in [5.41, 5.74) is 5.12. The lowest BCUT2D eigenvalue weighted by Gasteiger charge is -2.07. The number of rotatable bonds is 1. The van der Waals surface area contributed by atoms with Crippen LogP contribution < -0.4 is 11.1 Å². The Bertz CT molecular complexity index is 357. The summed E-state index contributed by atoms with van der Waals surface area (Å²) < 4.78 is 26.1. The smallest absolute Gasteiger partial charge is 0.168 e. The van der Waals surface area contributed by atoms with Gasteiger partial charge in [-0.3, -0.25) is 0 Å². The van der Waals surface area contributed by atoms with Crippen molar-refractivity contribution in [1.29, 1.82) is 0 Å². The van der Waals surface area contributed by atoms with Gasteiger partial charge in [0.15, 0.2) is 5.11 Å². The summed E-state index contributed by atoms with van der Waals surface area (Å²) in [6, 6.07) is 2.06. The SMILES string of the molecule is NC(=S)Nc1c(F)ccc(F)c1I. The molecular formula is C7H5F2IN2S. The van der Waals surface area contributed by atoms with Gasteiger partial charge >= 0.3 is 0 Å². The fraction of sp³-hybridized carbons (Fsp3) is 0. The van der Waals surface area contributed by atoms with Crippen LogP contribution in [0.1, 0.15) is 0 Å². The lowest BCUT2D eigenvalue weighted by Crippen LogP contribution is -2.20. The molecule has 3 N–H and O–H groups in total. The molecule has 0 radical (unpaired) electrons. The van der Waals surface area contributed by atoms with Crippen molar-refractivity contribution in [1.82, 2.24) is 0 Å². The Balaban J connectivity index is 3.17. The van der Waals surface area contributed by atoms with Crippen molar-refractivity contribution < 1.29 is 8.78 Å². The third-order valence-electron chi connectivity index (χ3n) is 1.29. The molecule has 0 aliphatic carbocycles. The minimum atomic E-state index is -0.585. The van der Waals surface area contributed by atoms with E-state index < -0.39 is 11.6 Å². The molecule has 0 aromatic heterocycles. The van der Waals surface area contributed by atoms with Gasteiger partial charge in [0.25, 0.3) is 0 Å². The van der Waals surface area contributed by atoms with Crippen molar-refractivity contribution in [3.8, 4) is 0 Å². The highest BCUT2D eigenvalue weighted by Crippen LogP contribution is 2.24. The lowest BCUT2D eigenvalue weighted by atomic mass is 10.3. The Morgan fingerprint density at radius 3 is 2.46 bits per heavy atom. The Morgan fingerprint density at radius 2 is 1.92 bits per heavy atom. The molecule has 0 unspecified atom stereocenters. The predicted molar refractivity (Wildman–Crippen MR) is 59.5 cm³/mol. The minimum Gasteiger partial charge on any atom is -0.376 e. The first-order valence-electron chi connectivity index (χ1n) is 3.22. The summed E-state index contributed by atoms with van der Waals surface area (Å²) >= 11 is 6.19. The molecule has 6 heteroatoms. The van der Waals surface area contributed by atoms with Crippen LogP contribution in [0.4, 0.5) is 14.5 Å². The Hall–Kier alpha value is -0.500.